The number of pyridine rings is 1. The number of nitrogens with zero attached hydrogens (tertiary/aromatic N) is 2. The summed E-state index contributed by atoms with van der Waals surface area (Å²) in [5.74, 6) is 0.714. The Morgan fingerprint density at radius 3 is 2.62 bits per heavy atom. The fourth-order valence-electron chi connectivity index (χ4n) is 3.54. The molecule has 5 nitrogen and oxygen atoms in total. The van der Waals surface area contributed by atoms with Gasteiger partial charge in [0.05, 0.1) is 24.6 Å². The van der Waals surface area contributed by atoms with Crippen molar-refractivity contribution in [1.82, 2.24) is 4.98 Å². The van der Waals surface area contributed by atoms with Crippen molar-refractivity contribution in [2.45, 2.75) is 6.54 Å². The highest BCUT2D eigenvalue weighted by Gasteiger charge is 2.11. The predicted octanol–water partition coefficient (Wildman–Crippen LogP) is 6.01. The molecule has 0 radical (unpaired) electrons. The Balaban J connectivity index is 1.65. The third-order valence-electron chi connectivity index (χ3n) is 5.24. The van der Waals surface area contributed by atoms with Gasteiger partial charge in [0.15, 0.2) is 0 Å². The Labute approximate surface area is 188 Å². The summed E-state index contributed by atoms with van der Waals surface area (Å²) in [6.45, 7) is 4.86. The van der Waals surface area contributed by atoms with Crippen LogP contribution in [0.1, 0.15) is 5.56 Å². The Morgan fingerprint density at radius 1 is 1.03 bits per heavy atom. The number of aromatic nitrogens is 1. The molecular weight excluding hydrogens is 396 g/mol. The Bertz CT molecular complexity index is 1290. The summed E-state index contributed by atoms with van der Waals surface area (Å²) in [6, 6.07) is 26.6. The van der Waals surface area contributed by atoms with Crippen molar-refractivity contribution in [3.05, 3.63) is 96.7 Å². The third kappa shape index (κ3) is 4.71. The number of hydrogen-bond donors (Lipinski definition) is 2. The highest BCUT2D eigenvalue weighted by Crippen LogP contribution is 2.36. The van der Waals surface area contributed by atoms with Gasteiger partial charge in [0.2, 0.25) is 0 Å². The first-order valence-corrected chi connectivity index (χ1v) is 10.3. The molecule has 0 fully saturated rings. The minimum atomic E-state index is 0.355. The molecule has 0 aliphatic carbocycles. The van der Waals surface area contributed by atoms with Crippen molar-refractivity contribution in [3.63, 3.8) is 0 Å². The summed E-state index contributed by atoms with van der Waals surface area (Å²) in [5.41, 5.74) is 5.39. The van der Waals surface area contributed by atoms with Gasteiger partial charge < -0.3 is 15.4 Å². The first kappa shape index (κ1) is 21.0. The van der Waals surface area contributed by atoms with Crippen molar-refractivity contribution in [2.24, 2.45) is 0 Å². The molecule has 2 N–H and O–H groups in total. The van der Waals surface area contributed by atoms with Crippen LogP contribution in [-0.2, 0) is 6.54 Å². The Morgan fingerprint density at radius 2 is 1.84 bits per heavy atom. The maximum atomic E-state index is 9.05. The van der Waals surface area contributed by atoms with Crippen LogP contribution in [0.3, 0.4) is 0 Å². The molecule has 0 saturated carbocycles. The van der Waals surface area contributed by atoms with E-state index in [4.69, 9.17) is 10.00 Å². The van der Waals surface area contributed by atoms with Gasteiger partial charge in [0, 0.05) is 41.5 Å². The summed E-state index contributed by atoms with van der Waals surface area (Å²) in [7, 11) is 1.64. The van der Waals surface area contributed by atoms with Gasteiger partial charge in [-0.3, -0.25) is 4.98 Å². The van der Waals surface area contributed by atoms with E-state index in [1.807, 2.05) is 42.6 Å². The van der Waals surface area contributed by atoms with Gasteiger partial charge in [0.1, 0.15) is 5.75 Å². The van der Waals surface area contributed by atoms with Gasteiger partial charge in [-0.25, -0.2) is 0 Å². The summed E-state index contributed by atoms with van der Waals surface area (Å²) in [6.07, 6.45) is 1.81. The van der Waals surface area contributed by atoms with Crippen LogP contribution in [0.2, 0.25) is 0 Å². The molecule has 0 unspecified atom stereocenters. The molecule has 1 heterocycles. The van der Waals surface area contributed by atoms with Gasteiger partial charge in [0.25, 0.3) is 0 Å². The molecule has 0 aliphatic rings. The second kappa shape index (κ2) is 9.67. The van der Waals surface area contributed by atoms with Crippen molar-refractivity contribution in [2.75, 3.05) is 24.3 Å². The second-order valence-electron chi connectivity index (χ2n) is 7.42. The summed E-state index contributed by atoms with van der Waals surface area (Å²) < 4.78 is 5.56. The summed E-state index contributed by atoms with van der Waals surface area (Å²) in [4.78, 5) is 4.58. The first-order chi connectivity index (χ1) is 15.7. The topological polar surface area (TPSA) is 70.0 Å². The molecule has 0 amide bonds. The van der Waals surface area contributed by atoms with E-state index in [2.05, 4.69) is 64.7 Å². The van der Waals surface area contributed by atoms with Crippen molar-refractivity contribution >= 4 is 22.1 Å². The van der Waals surface area contributed by atoms with Gasteiger partial charge >= 0.3 is 0 Å². The Kier molecular flexibility index (Phi) is 6.33. The number of hydrogen-bond acceptors (Lipinski definition) is 5. The fourth-order valence-corrected chi connectivity index (χ4v) is 3.54. The van der Waals surface area contributed by atoms with E-state index in [-0.39, 0.29) is 0 Å². The SMILES string of the molecule is C=C(C#N)CNc1c(OC)ccc2ccc(-c3cc(NCc4ccccc4)ccn3)cc12. The normalized spacial score (nSPS) is 10.4. The molecule has 4 rings (SSSR count). The molecule has 158 valence electrons. The lowest BCUT2D eigenvalue weighted by Gasteiger charge is -2.15. The van der Waals surface area contributed by atoms with Gasteiger partial charge in [-0.05, 0) is 35.2 Å². The second-order valence-corrected chi connectivity index (χ2v) is 7.42. The minimum absolute atomic E-state index is 0.355. The van der Waals surface area contributed by atoms with Crippen molar-refractivity contribution in [3.8, 4) is 23.1 Å². The molecule has 5 heteroatoms. The smallest absolute Gasteiger partial charge is 0.142 e. The maximum Gasteiger partial charge on any atom is 0.142 e. The largest absolute Gasteiger partial charge is 0.495 e. The average molecular weight is 421 g/mol. The summed E-state index contributed by atoms with van der Waals surface area (Å²) >= 11 is 0. The van der Waals surface area contributed by atoms with E-state index in [0.717, 1.165) is 39.9 Å². The maximum absolute atomic E-state index is 9.05. The van der Waals surface area contributed by atoms with Crippen LogP contribution in [0, 0.1) is 11.3 Å². The zero-order chi connectivity index (χ0) is 22.3. The average Bonchev–Trinajstić information content (AvgIpc) is 2.86. The predicted molar refractivity (Wildman–Crippen MR) is 131 cm³/mol. The summed E-state index contributed by atoms with van der Waals surface area (Å²) in [5, 5.41) is 17.9. The van der Waals surface area contributed by atoms with E-state index < -0.39 is 0 Å². The van der Waals surface area contributed by atoms with Crippen LogP contribution in [0.25, 0.3) is 22.0 Å². The first-order valence-electron chi connectivity index (χ1n) is 10.3. The van der Waals surface area contributed by atoms with E-state index in [1.54, 1.807) is 7.11 Å². The van der Waals surface area contributed by atoms with Crippen molar-refractivity contribution < 1.29 is 4.74 Å². The van der Waals surface area contributed by atoms with E-state index in [1.165, 1.54) is 5.56 Å². The van der Waals surface area contributed by atoms with Crippen LogP contribution in [-0.4, -0.2) is 18.6 Å². The van der Waals surface area contributed by atoms with Gasteiger partial charge in [-0.15, -0.1) is 0 Å². The highest BCUT2D eigenvalue weighted by molar-refractivity contribution is 5.99. The van der Waals surface area contributed by atoms with Crippen molar-refractivity contribution in [1.29, 1.82) is 5.26 Å². The Hall–Kier alpha value is -4.30. The molecule has 4 aromatic rings. The van der Waals surface area contributed by atoms with Crippen LogP contribution in [0.15, 0.2) is 91.1 Å². The molecule has 0 aliphatic heterocycles. The van der Waals surface area contributed by atoms with Gasteiger partial charge in [-0.2, -0.15) is 5.26 Å². The van der Waals surface area contributed by atoms with E-state index in [9.17, 15) is 0 Å². The quantitative estimate of drug-likeness (QED) is 0.341. The lowest BCUT2D eigenvalue weighted by atomic mass is 10.0. The van der Waals surface area contributed by atoms with Crippen LogP contribution in [0.4, 0.5) is 11.4 Å². The number of benzene rings is 3. The fraction of sp³-hybridized carbons (Fsp3) is 0.111. The molecule has 0 spiro atoms. The molecule has 0 atom stereocenters. The number of ether oxygens (including phenoxy) is 1. The van der Waals surface area contributed by atoms with Crippen LogP contribution >= 0.6 is 0 Å². The molecule has 1 aromatic heterocycles. The number of anilines is 2. The molecule has 0 bridgehead atoms. The molecular formula is C27H24N4O. The van der Waals surface area contributed by atoms with E-state index >= 15 is 0 Å². The lowest BCUT2D eigenvalue weighted by Crippen LogP contribution is -2.05. The zero-order valence-corrected chi connectivity index (χ0v) is 17.9. The van der Waals surface area contributed by atoms with Crippen LogP contribution < -0.4 is 15.4 Å². The van der Waals surface area contributed by atoms with E-state index in [0.29, 0.717) is 17.9 Å². The number of nitriles is 1. The zero-order valence-electron chi connectivity index (χ0n) is 17.9. The molecule has 0 saturated heterocycles. The third-order valence-corrected chi connectivity index (χ3v) is 5.24. The molecule has 3 aromatic carbocycles. The minimum Gasteiger partial charge on any atom is -0.495 e. The number of nitrogens with one attached hydrogen (secondary N) is 2. The van der Waals surface area contributed by atoms with Gasteiger partial charge in [-0.1, -0.05) is 55.1 Å². The number of methoxy groups -OCH3 is 1. The monoisotopic (exact) mass is 420 g/mol. The number of rotatable bonds is 8. The lowest BCUT2D eigenvalue weighted by molar-refractivity contribution is 0.417. The molecule has 32 heavy (non-hydrogen) atoms. The highest BCUT2D eigenvalue weighted by atomic mass is 16.5. The van der Waals surface area contributed by atoms with Crippen LogP contribution in [0.5, 0.6) is 5.75 Å². The number of fused-ring (bicyclic) bond motifs is 1. The standard InChI is InChI=1S/C27H24N4O/c1-19(16-28)17-31-27-24-14-22(9-8-21(24)10-11-26(27)32-2)25-15-23(12-13-29-25)30-18-20-6-4-3-5-7-20/h3-15,31H,1,17-18H2,2H3,(H,29,30).